The Morgan fingerprint density at radius 1 is 1.50 bits per heavy atom. The minimum absolute atomic E-state index is 0. The van der Waals surface area contributed by atoms with Crippen molar-refractivity contribution in [3.8, 4) is 5.75 Å². The third kappa shape index (κ3) is 4.83. The van der Waals surface area contributed by atoms with Gasteiger partial charge in [-0.3, -0.25) is 4.79 Å². The van der Waals surface area contributed by atoms with Crippen LogP contribution in [0, 0.1) is 11.7 Å². The highest BCUT2D eigenvalue weighted by atomic mass is 35.5. The first-order valence-corrected chi connectivity index (χ1v) is 7.19. The molecule has 0 radical (unpaired) electrons. The molecule has 1 amide bonds. The monoisotopic (exact) mass is 332 g/mol. The van der Waals surface area contributed by atoms with E-state index < -0.39 is 18.0 Å². The van der Waals surface area contributed by atoms with E-state index >= 15 is 0 Å². The van der Waals surface area contributed by atoms with Gasteiger partial charge in [0.05, 0.1) is 6.10 Å². The summed E-state index contributed by atoms with van der Waals surface area (Å²) >= 11 is 0. The molecular weight excluding hydrogens is 311 g/mol. The first-order chi connectivity index (χ1) is 10.1. The molecule has 0 aromatic heterocycles. The van der Waals surface area contributed by atoms with Gasteiger partial charge in [-0.05, 0) is 18.6 Å². The van der Waals surface area contributed by atoms with Crippen LogP contribution in [-0.4, -0.2) is 42.9 Å². The number of amides is 1. The van der Waals surface area contributed by atoms with E-state index in [0.717, 1.165) is 0 Å². The highest BCUT2D eigenvalue weighted by molar-refractivity contribution is 5.85. The number of aliphatic hydroxyl groups is 1. The Bertz CT molecular complexity index is 490. The molecule has 1 heterocycles. The summed E-state index contributed by atoms with van der Waals surface area (Å²) in [6.07, 6.45) is -0.752. The Morgan fingerprint density at radius 3 is 2.82 bits per heavy atom. The van der Waals surface area contributed by atoms with Gasteiger partial charge in [0.25, 0.3) is 5.91 Å². The van der Waals surface area contributed by atoms with Crippen LogP contribution in [0.1, 0.15) is 13.3 Å². The van der Waals surface area contributed by atoms with Crippen LogP contribution in [0.3, 0.4) is 0 Å². The van der Waals surface area contributed by atoms with Crippen LogP contribution in [0.5, 0.6) is 5.75 Å². The lowest BCUT2D eigenvalue weighted by atomic mass is 10.1. The number of hydrogen-bond acceptors (Lipinski definition) is 4. The predicted octanol–water partition coefficient (Wildman–Crippen LogP) is 1.10. The molecule has 22 heavy (non-hydrogen) atoms. The van der Waals surface area contributed by atoms with Crippen molar-refractivity contribution in [1.82, 2.24) is 10.6 Å². The highest BCUT2D eigenvalue weighted by Crippen LogP contribution is 2.18. The van der Waals surface area contributed by atoms with E-state index in [4.69, 9.17) is 4.74 Å². The van der Waals surface area contributed by atoms with Crippen molar-refractivity contribution in [3.63, 3.8) is 0 Å². The predicted molar refractivity (Wildman–Crippen MR) is 83.7 cm³/mol. The second-order valence-corrected chi connectivity index (χ2v) is 5.18. The average Bonchev–Trinajstić information content (AvgIpc) is 2.89. The highest BCUT2D eigenvalue weighted by Gasteiger charge is 2.27. The number of halogens is 2. The lowest BCUT2D eigenvalue weighted by Gasteiger charge is -2.20. The molecule has 3 atom stereocenters. The molecule has 0 saturated carbocycles. The summed E-state index contributed by atoms with van der Waals surface area (Å²) in [7, 11) is 0. The van der Waals surface area contributed by atoms with Crippen molar-refractivity contribution in [2.45, 2.75) is 25.6 Å². The van der Waals surface area contributed by atoms with Gasteiger partial charge in [0.15, 0.2) is 17.7 Å². The molecule has 1 aliphatic heterocycles. The van der Waals surface area contributed by atoms with Crippen LogP contribution >= 0.6 is 12.4 Å². The number of ether oxygens (including phenoxy) is 1. The van der Waals surface area contributed by atoms with Gasteiger partial charge in [-0.25, -0.2) is 4.39 Å². The number of benzene rings is 1. The molecule has 0 aliphatic carbocycles. The average molecular weight is 333 g/mol. The SMILES string of the molecule is CCC(Oc1ccccc1F)C(=O)NCC1CNCC1O.Cl. The minimum atomic E-state index is -0.742. The van der Waals surface area contributed by atoms with Gasteiger partial charge in [0, 0.05) is 25.6 Å². The van der Waals surface area contributed by atoms with Crippen molar-refractivity contribution in [2.24, 2.45) is 5.92 Å². The second kappa shape index (κ2) is 8.92. The minimum Gasteiger partial charge on any atom is -0.478 e. The Labute approximate surface area is 135 Å². The number of hydrogen-bond donors (Lipinski definition) is 3. The molecule has 0 spiro atoms. The van der Waals surface area contributed by atoms with E-state index in [1.807, 2.05) is 0 Å². The van der Waals surface area contributed by atoms with Crippen LogP contribution in [0.15, 0.2) is 24.3 Å². The second-order valence-electron chi connectivity index (χ2n) is 5.18. The van der Waals surface area contributed by atoms with Gasteiger partial charge in [-0.1, -0.05) is 19.1 Å². The molecule has 1 fully saturated rings. The molecule has 2 rings (SSSR count). The van der Waals surface area contributed by atoms with Gasteiger partial charge in [0.1, 0.15) is 0 Å². The van der Waals surface area contributed by atoms with Gasteiger partial charge < -0.3 is 20.5 Å². The maximum absolute atomic E-state index is 13.5. The molecule has 1 aliphatic rings. The van der Waals surface area contributed by atoms with Gasteiger partial charge in [0.2, 0.25) is 0 Å². The smallest absolute Gasteiger partial charge is 0.261 e. The van der Waals surface area contributed by atoms with Crippen LogP contribution in [-0.2, 0) is 4.79 Å². The largest absolute Gasteiger partial charge is 0.478 e. The summed E-state index contributed by atoms with van der Waals surface area (Å²) in [5.41, 5.74) is 0. The fraction of sp³-hybridized carbons (Fsp3) is 0.533. The zero-order valence-corrected chi connectivity index (χ0v) is 13.2. The van der Waals surface area contributed by atoms with Crippen molar-refractivity contribution in [2.75, 3.05) is 19.6 Å². The van der Waals surface area contributed by atoms with E-state index in [-0.39, 0.29) is 30.0 Å². The summed E-state index contributed by atoms with van der Waals surface area (Å²) in [6.45, 7) is 3.40. The molecule has 1 saturated heterocycles. The first kappa shape index (κ1) is 18.7. The molecule has 124 valence electrons. The molecule has 7 heteroatoms. The fourth-order valence-electron chi connectivity index (χ4n) is 2.29. The maximum Gasteiger partial charge on any atom is 0.261 e. The Hall–Kier alpha value is -1.37. The summed E-state index contributed by atoms with van der Waals surface area (Å²) < 4.78 is 19.0. The number of carbonyl (C=O) groups is 1. The number of nitrogens with one attached hydrogen (secondary N) is 2. The third-order valence-electron chi connectivity index (χ3n) is 3.61. The molecule has 0 bridgehead atoms. The van der Waals surface area contributed by atoms with Gasteiger partial charge in [-0.15, -0.1) is 12.4 Å². The zero-order valence-electron chi connectivity index (χ0n) is 12.4. The Kier molecular flexibility index (Phi) is 7.58. The summed E-state index contributed by atoms with van der Waals surface area (Å²) in [5.74, 6) is -0.707. The van der Waals surface area contributed by atoms with E-state index in [9.17, 15) is 14.3 Å². The van der Waals surface area contributed by atoms with Crippen molar-refractivity contribution in [1.29, 1.82) is 0 Å². The standard InChI is InChI=1S/C15H21FN2O3.ClH/c1-2-13(21-14-6-4-3-5-11(14)16)15(20)18-8-10-7-17-9-12(10)19;/h3-6,10,12-13,17,19H,2,7-9H2,1H3,(H,18,20);1H. The zero-order chi connectivity index (χ0) is 15.2. The van der Waals surface area contributed by atoms with Crippen LogP contribution < -0.4 is 15.4 Å². The van der Waals surface area contributed by atoms with E-state index in [0.29, 0.717) is 26.1 Å². The molecule has 3 N–H and O–H groups in total. The van der Waals surface area contributed by atoms with E-state index in [1.165, 1.54) is 12.1 Å². The normalized spacial score (nSPS) is 21.8. The summed E-state index contributed by atoms with van der Waals surface area (Å²) in [6, 6.07) is 6.01. The Balaban J connectivity index is 0.00000242. The number of β-amino-alcohol motifs (C(OH)–C–C–N with tert-alkyl or cyclic N) is 1. The van der Waals surface area contributed by atoms with Gasteiger partial charge in [-0.2, -0.15) is 0 Å². The maximum atomic E-state index is 13.5. The lowest BCUT2D eigenvalue weighted by molar-refractivity contribution is -0.128. The van der Waals surface area contributed by atoms with Crippen LogP contribution in [0.4, 0.5) is 4.39 Å². The number of para-hydroxylation sites is 1. The Morgan fingerprint density at radius 2 is 2.23 bits per heavy atom. The topological polar surface area (TPSA) is 70.6 Å². The number of carbonyl (C=O) groups excluding carboxylic acids is 1. The van der Waals surface area contributed by atoms with Crippen molar-refractivity contribution < 1.29 is 19.0 Å². The van der Waals surface area contributed by atoms with E-state index in [2.05, 4.69) is 10.6 Å². The molecule has 3 unspecified atom stereocenters. The molecular formula is C15H22ClFN2O3. The van der Waals surface area contributed by atoms with Crippen molar-refractivity contribution in [3.05, 3.63) is 30.1 Å². The lowest BCUT2D eigenvalue weighted by Crippen LogP contribution is -2.42. The van der Waals surface area contributed by atoms with Crippen molar-refractivity contribution >= 4 is 18.3 Å². The first-order valence-electron chi connectivity index (χ1n) is 7.19. The molecule has 5 nitrogen and oxygen atoms in total. The fourth-order valence-corrected chi connectivity index (χ4v) is 2.29. The number of aliphatic hydroxyl groups excluding tert-OH is 1. The van der Waals surface area contributed by atoms with Crippen LogP contribution in [0.2, 0.25) is 0 Å². The number of rotatable bonds is 6. The van der Waals surface area contributed by atoms with E-state index in [1.54, 1.807) is 19.1 Å². The summed E-state index contributed by atoms with van der Waals surface area (Å²) in [5, 5.41) is 15.5. The third-order valence-corrected chi connectivity index (χ3v) is 3.61. The molecule has 1 aromatic rings. The van der Waals surface area contributed by atoms with Crippen LogP contribution in [0.25, 0.3) is 0 Å². The molecule has 1 aromatic carbocycles. The van der Waals surface area contributed by atoms with Gasteiger partial charge >= 0.3 is 0 Å². The summed E-state index contributed by atoms with van der Waals surface area (Å²) in [4.78, 5) is 12.1. The quantitative estimate of drug-likeness (QED) is 0.729.